The molecule has 0 unspecified atom stereocenters. The second-order valence-electron chi connectivity index (χ2n) is 4.96. The van der Waals surface area contributed by atoms with Crippen molar-refractivity contribution in [1.82, 2.24) is 0 Å². The fourth-order valence-electron chi connectivity index (χ4n) is 2.25. The predicted octanol–water partition coefficient (Wildman–Crippen LogP) is 4.84. The van der Waals surface area contributed by atoms with E-state index in [1.165, 1.54) is 0 Å². The topological polar surface area (TPSA) is 38.3 Å². The maximum Gasteiger partial charge on any atom is 0.262 e. The van der Waals surface area contributed by atoms with Crippen LogP contribution in [0.4, 0.5) is 5.69 Å². The maximum atomic E-state index is 12.0. The molecule has 1 aliphatic heterocycles. The monoisotopic (exact) mass is 365 g/mol. The molecule has 1 saturated heterocycles. The molecule has 3 nitrogen and oxygen atoms in total. The summed E-state index contributed by atoms with van der Waals surface area (Å²) >= 11 is 9.74. The van der Waals surface area contributed by atoms with E-state index in [4.69, 9.17) is 16.3 Å². The predicted molar refractivity (Wildman–Crippen MR) is 99.7 cm³/mol. The summed E-state index contributed by atoms with van der Waals surface area (Å²) in [5, 5.41) is 3.37. The van der Waals surface area contributed by atoms with E-state index in [1.807, 2.05) is 41.7 Å². The molecule has 0 radical (unpaired) electrons. The molecule has 0 saturated carbocycles. The average Bonchev–Trinajstić information content (AvgIpc) is 3.07. The molecule has 1 amide bonds. The van der Waals surface area contributed by atoms with Crippen molar-refractivity contribution in [2.45, 2.75) is 4.58 Å². The molecule has 1 N–H and O–H groups in total. The number of para-hydroxylation sites is 1. The molecule has 0 aliphatic carbocycles. The first-order chi connectivity index (χ1) is 11.2. The summed E-state index contributed by atoms with van der Waals surface area (Å²) in [6.07, 6.45) is 0. The van der Waals surface area contributed by atoms with Crippen LogP contribution >= 0.6 is 35.1 Å². The van der Waals surface area contributed by atoms with Crippen LogP contribution in [0.1, 0.15) is 10.1 Å². The average molecular weight is 366 g/mol. The molecule has 23 heavy (non-hydrogen) atoms. The Morgan fingerprint density at radius 1 is 1.17 bits per heavy atom. The third-order valence-electron chi connectivity index (χ3n) is 3.26. The Kier molecular flexibility index (Phi) is 5.75. The third kappa shape index (κ3) is 4.59. The Balaban J connectivity index is 1.61. The summed E-state index contributed by atoms with van der Waals surface area (Å²) in [5.74, 6) is 2.88. The normalized spacial score (nSPS) is 14.7. The molecular weight excluding hydrogens is 350 g/mol. The second-order valence-corrected chi connectivity index (χ2v) is 8.12. The van der Waals surface area contributed by atoms with Crippen LogP contribution in [0.5, 0.6) is 5.75 Å². The fraction of sp³-hybridized carbons (Fsp3) is 0.235. The molecule has 0 aromatic heterocycles. The number of halogens is 1. The van der Waals surface area contributed by atoms with Gasteiger partial charge in [0.15, 0.2) is 6.61 Å². The summed E-state index contributed by atoms with van der Waals surface area (Å²) in [7, 11) is 0. The number of carbonyl (C=O) groups excluding carboxylic acids is 1. The van der Waals surface area contributed by atoms with Gasteiger partial charge in [-0.2, -0.15) is 0 Å². The summed E-state index contributed by atoms with van der Waals surface area (Å²) < 4.78 is 6.13. The fourth-order valence-corrected chi connectivity index (χ4v) is 5.35. The van der Waals surface area contributed by atoms with Crippen molar-refractivity contribution >= 4 is 46.7 Å². The molecule has 1 aliphatic rings. The number of benzene rings is 2. The van der Waals surface area contributed by atoms with Gasteiger partial charge in [-0.05, 0) is 24.3 Å². The Hall–Kier alpha value is -1.30. The first-order valence-electron chi connectivity index (χ1n) is 7.23. The van der Waals surface area contributed by atoms with E-state index < -0.39 is 0 Å². The van der Waals surface area contributed by atoms with Gasteiger partial charge in [0.05, 0.1) is 4.58 Å². The molecule has 1 fully saturated rings. The van der Waals surface area contributed by atoms with E-state index in [1.54, 1.807) is 24.3 Å². The van der Waals surface area contributed by atoms with Crippen molar-refractivity contribution in [2.75, 3.05) is 23.4 Å². The van der Waals surface area contributed by atoms with Gasteiger partial charge < -0.3 is 10.1 Å². The number of ether oxygens (including phenoxy) is 1. The van der Waals surface area contributed by atoms with Crippen molar-refractivity contribution in [3.05, 3.63) is 59.1 Å². The lowest BCUT2D eigenvalue weighted by atomic mass is 10.2. The molecule has 6 heteroatoms. The molecular formula is C17H16ClNO2S2. The van der Waals surface area contributed by atoms with Gasteiger partial charge in [-0.3, -0.25) is 4.79 Å². The molecule has 1 heterocycles. The number of rotatable bonds is 5. The van der Waals surface area contributed by atoms with Crippen molar-refractivity contribution in [2.24, 2.45) is 0 Å². The van der Waals surface area contributed by atoms with Crippen molar-refractivity contribution in [3.63, 3.8) is 0 Å². The zero-order valence-electron chi connectivity index (χ0n) is 12.3. The van der Waals surface area contributed by atoms with E-state index in [9.17, 15) is 4.79 Å². The Morgan fingerprint density at radius 2 is 1.96 bits per heavy atom. The van der Waals surface area contributed by atoms with Crippen LogP contribution in [0, 0.1) is 0 Å². The van der Waals surface area contributed by atoms with Gasteiger partial charge in [0.2, 0.25) is 0 Å². The van der Waals surface area contributed by atoms with Crippen molar-refractivity contribution in [1.29, 1.82) is 0 Å². The Morgan fingerprint density at radius 3 is 2.74 bits per heavy atom. The first-order valence-corrected chi connectivity index (χ1v) is 9.70. The van der Waals surface area contributed by atoms with Gasteiger partial charge in [-0.1, -0.05) is 35.9 Å². The number of anilines is 1. The summed E-state index contributed by atoms with van der Waals surface area (Å²) in [6, 6.07) is 15.0. The lowest BCUT2D eigenvalue weighted by Gasteiger charge is -2.15. The standard InChI is InChI=1S/C17H16ClNO2S2/c18-12-4-3-5-13(10-12)19-16(20)11-21-15-7-2-1-6-14(15)17-22-8-9-23-17/h1-7,10,17H,8-9,11H2,(H,19,20). The lowest BCUT2D eigenvalue weighted by molar-refractivity contribution is -0.118. The minimum atomic E-state index is -0.200. The maximum absolute atomic E-state index is 12.0. The Labute approximate surface area is 149 Å². The SMILES string of the molecule is O=C(COc1ccccc1C1SCCS1)Nc1cccc(Cl)c1. The first kappa shape index (κ1) is 16.6. The molecule has 120 valence electrons. The molecule has 0 spiro atoms. The van der Waals surface area contributed by atoms with Gasteiger partial charge in [0, 0.05) is 27.8 Å². The van der Waals surface area contributed by atoms with E-state index in [0.717, 1.165) is 22.8 Å². The van der Waals surface area contributed by atoms with Gasteiger partial charge >= 0.3 is 0 Å². The molecule has 2 aromatic carbocycles. The molecule has 2 aromatic rings. The largest absolute Gasteiger partial charge is 0.483 e. The molecule has 0 atom stereocenters. The van der Waals surface area contributed by atoms with Crippen molar-refractivity contribution in [3.8, 4) is 5.75 Å². The molecule has 3 rings (SSSR count). The van der Waals surface area contributed by atoms with Crippen LogP contribution in [0.25, 0.3) is 0 Å². The van der Waals surface area contributed by atoms with E-state index in [-0.39, 0.29) is 12.5 Å². The smallest absolute Gasteiger partial charge is 0.262 e. The zero-order valence-corrected chi connectivity index (χ0v) is 14.7. The molecule has 0 bridgehead atoms. The van der Waals surface area contributed by atoms with E-state index in [2.05, 4.69) is 11.4 Å². The summed E-state index contributed by atoms with van der Waals surface area (Å²) in [6.45, 7) is -0.0222. The van der Waals surface area contributed by atoms with Crippen LogP contribution in [-0.2, 0) is 4.79 Å². The minimum absolute atomic E-state index is 0.0222. The number of amides is 1. The highest BCUT2D eigenvalue weighted by Gasteiger charge is 2.21. The number of carbonyl (C=O) groups is 1. The van der Waals surface area contributed by atoms with Crippen LogP contribution in [0.3, 0.4) is 0 Å². The summed E-state index contributed by atoms with van der Waals surface area (Å²) in [4.78, 5) is 12.0. The van der Waals surface area contributed by atoms with Gasteiger partial charge in [-0.25, -0.2) is 0 Å². The highest BCUT2D eigenvalue weighted by Crippen LogP contribution is 2.48. The third-order valence-corrected chi connectivity index (χ3v) is 6.56. The highest BCUT2D eigenvalue weighted by molar-refractivity contribution is 8.19. The van der Waals surface area contributed by atoms with Crippen LogP contribution in [0.15, 0.2) is 48.5 Å². The van der Waals surface area contributed by atoms with E-state index >= 15 is 0 Å². The minimum Gasteiger partial charge on any atom is -0.483 e. The second kappa shape index (κ2) is 7.99. The van der Waals surface area contributed by atoms with Gasteiger partial charge in [0.1, 0.15) is 5.75 Å². The Bertz CT molecular complexity index is 690. The van der Waals surface area contributed by atoms with Gasteiger partial charge in [0.25, 0.3) is 5.91 Å². The summed E-state index contributed by atoms with van der Waals surface area (Å²) in [5.41, 5.74) is 1.82. The highest BCUT2D eigenvalue weighted by atomic mass is 35.5. The van der Waals surface area contributed by atoms with Crippen LogP contribution < -0.4 is 10.1 Å². The quantitative estimate of drug-likeness (QED) is 0.823. The van der Waals surface area contributed by atoms with Crippen molar-refractivity contribution < 1.29 is 9.53 Å². The van der Waals surface area contributed by atoms with Crippen LogP contribution in [0.2, 0.25) is 5.02 Å². The number of hydrogen-bond donors (Lipinski definition) is 1. The number of hydrogen-bond acceptors (Lipinski definition) is 4. The lowest BCUT2D eigenvalue weighted by Crippen LogP contribution is -2.20. The number of thioether (sulfide) groups is 2. The zero-order chi connectivity index (χ0) is 16.1. The van der Waals surface area contributed by atoms with E-state index in [0.29, 0.717) is 15.3 Å². The van der Waals surface area contributed by atoms with Crippen LogP contribution in [-0.4, -0.2) is 24.0 Å². The van der Waals surface area contributed by atoms with Gasteiger partial charge in [-0.15, -0.1) is 23.5 Å². The number of nitrogens with one attached hydrogen (secondary N) is 1.